The largest absolute Gasteiger partial charge is 0.495 e. The Balaban J connectivity index is 2.19. The molecule has 2 aromatic rings. The van der Waals surface area contributed by atoms with E-state index in [4.69, 9.17) is 16.3 Å². The number of hydrogen-bond acceptors (Lipinski definition) is 4. The Morgan fingerprint density at radius 1 is 1.38 bits per heavy atom. The summed E-state index contributed by atoms with van der Waals surface area (Å²) >= 11 is 5.97. The molecule has 0 fully saturated rings. The normalized spacial score (nSPS) is 10.9. The van der Waals surface area contributed by atoms with Crippen molar-refractivity contribution in [3.8, 4) is 5.75 Å². The first kappa shape index (κ1) is 10.6. The summed E-state index contributed by atoms with van der Waals surface area (Å²) in [5.74, 6) is 0.642. The van der Waals surface area contributed by atoms with Crippen molar-refractivity contribution in [2.45, 2.75) is 0 Å². The Bertz CT molecular complexity index is 496. The van der Waals surface area contributed by atoms with Crippen LogP contribution in [0.1, 0.15) is 5.56 Å². The maximum absolute atomic E-state index is 5.97. The minimum Gasteiger partial charge on any atom is -0.495 e. The molecule has 0 atom stereocenters. The zero-order valence-electron chi connectivity index (χ0n) is 8.54. The predicted molar refractivity (Wildman–Crippen MR) is 61.0 cm³/mol. The van der Waals surface area contributed by atoms with Crippen LogP contribution in [0.3, 0.4) is 0 Å². The molecule has 82 valence electrons. The van der Waals surface area contributed by atoms with Crippen molar-refractivity contribution in [2.75, 3.05) is 7.11 Å². The second-order valence-electron chi connectivity index (χ2n) is 2.98. The fraction of sp³-hybridized carbons (Fsp3) is 0.100. The highest BCUT2D eigenvalue weighted by Gasteiger charge is 1.99. The summed E-state index contributed by atoms with van der Waals surface area (Å²) in [5.41, 5.74) is 0.875. The van der Waals surface area contributed by atoms with Crippen LogP contribution in [0.2, 0.25) is 5.02 Å². The SMILES string of the molecule is COc1ccc(C=Nn2cnnc2)cc1Cl. The maximum atomic E-state index is 5.97. The molecular weight excluding hydrogens is 228 g/mol. The smallest absolute Gasteiger partial charge is 0.141 e. The van der Waals surface area contributed by atoms with Gasteiger partial charge in [-0.25, -0.2) is 4.68 Å². The Labute approximate surface area is 97.3 Å². The predicted octanol–water partition coefficient (Wildman–Crippen LogP) is 1.82. The van der Waals surface area contributed by atoms with Crippen LogP contribution < -0.4 is 4.74 Å². The lowest BCUT2D eigenvalue weighted by Crippen LogP contribution is -1.89. The van der Waals surface area contributed by atoms with E-state index >= 15 is 0 Å². The molecule has 0 saturated heterocycles. The van der Waals surface area contributed by atoms with Crippen LogP contribution in [0.4, 0.5) is 0 Å². The summed E-state index contributed by atoms with van der Waals surface area (Å²) in [4.78, 5) is 0. The highest BCUT2D eigenvalue weighted by atomic mass is 35.5. The first-order chi connectivity index (χ1) is 7.79. The number of hydrogen-bond donors (Lipinski definition) is 0. The van der Waals surface area contributed by atoms with Crippen molar-refractivity contribution < 1.29 is 4.74 Å². The highest BCUT2D eigenvalue weighted by Crippen LogP contribution is 2.24. The van der Waals surface area contributed by atoms with Gasteiger partial charge < -0.3 is 4.74 Å². The number of benzene rings is 1. The van der Waals surface area contributed by atoms with E-state index in [-0.39, 0.29) is 0 Å². The average molecular weight is 237 g/mol. The van der Waals surface area contributed by atoms with Crippen molar-refractivity contribution in [2.24, 2.45) is 5.10 Å². The van der Waals surface area contributed by atoms with Crippen molar-refractivity contribution in [3.63, 3.8) is 0 Å². The molecule has 1 heterocycles. The minimum atomic E-state index is 0.551. The van der Waals surface area contributed by atoms with Gasteiger partial charge in [0, 0.05) is 0 Å². The third-order valence-electron chi connectivity index (χ3n) is 1.92. The number of halogens is 1. The summed E-state index contributed by atoms with van der Waals surface area (Å²) in [5, 5.41) is 11.9. The highest BCUT2D eigenvalue weighted by molar-refractivity contribution is 6.32. The van der Waals surface area contributed by atoms with Crippen molar-refractivity contribution >= 4 is 17.8 Å². The molecule has 0 spiro atoms. The molecule has 1 aromatic carbocycles. The fourth-order valence-corrected chi connectivity index (χ4v) is 1.42. The van der Waals surface area contributed by atoms with E-state index in [1.54, 1.807) is 25.5 Å². The van der Waals surface area contributed by atoms with E-state index in [0.29, 0.717) is 10.8 Å². The van der Waals surface area contributed by atoms with E-state index in [2.05, 4.69) is 15.3 Å². The summed E-state index contributed by atoms with van der Waals surface area (Å²) in [6.45, 7) is 0. The van der Waals surface area contributed by atoms with E-state index < -0.39 is 0 Å². The molecule has 0 bridgehead atoms. The van der Waals surface area contributed by atoms with Gasteiger partial charge in [0.15, 0.2) is 0 Å². The van der Waals surface area contributed by atoms with Gasteiger partial charge in [-0.2, -0.15) is 5.10 Å². The summed E-state index contributed by atoms with van der Waals surface area (Å²) in [7, 11) is 1.58. The lowest BCUT2D eigenvalue weighted by molar-refractivity contribution is 0.415. The lowest BCUT2D eigenvalue weighted by atomic mass is 10.2. The quantitative estimate of drug-likeness (QED) is 0.764. The number of aromatic nitrogens is 3. The Morgan fingerprint density at radius 3 is 2.75 bits per heavy atom. The molecule has 5 nitrogen and oxygen atoms in total. The van der Waals surface area contributed by atoms with Gasteiger partial charge in [0.1, 0.15) is 18.4 Å². The zero-order chi connectivity index (χ0) is 11.4. The third-order valence-corrected chi connectivity index (χ3v) is 2.22. The first-order valence-electron chi connectivity index (χ1n) is 4.52. The minimum absolute atomic E-state index is 0.551. The molecule has 0 N–H and O–H groups in total. The summed E-state index contributed by atoms with van der Waals surface area (Å²) in [6.07, 6.45) is 4.66. The number of methoxy groups -OCH3 is 1. The van der Waals surface area contributed by atoms with Gasteiger partial charge in [-0.1, -0.05) is 11.6 Å². The van der Waals surface area contributed by atoms with Gasteiger partial charge >= 0.3 is 0 Å². The first-order valence-corrected chi connectivity index (χ1v) is 4.90. The Kier molecular flexibility index (Phi) is 3.16. The van der Waals surface area contributed by atoms with Crippen LogP contribution in [0.25, 0.3) is 0 Å². The average Bonchev–Trinajstić information content (AvgIpc) is 2.79. The second kappa shape index (κ2) is 4.76. The number of nitrogens with zero attached hydrogens (tertiary/aromatic N) is 4. The van der Waals surface area contributed by atoms with Gasteiger partial charge in [-0.15, -0.1) is 10.2 Å². The molecule has 2 rings (SSSR count). The molecule has 0 saturated carbocycles. The Hall–Kier alpha value is -1.88. The van der Waals surface area contributed by atoms with Crippen molar-refractivity contribution in [1.82, 2.24) is 14.9 Å². The molecule has 0 radical (unpaired) electrons. The summed E-state index contributed by atoms with van der Waals surface area (Å²) < 4.78 is 6.55. The van der Waals surface area contributed by atoms with Crippen molar-refractivity contribution in [3.05, 3.63) is 41.4 Å². The van der Waals surface area contributed by atoms with Crippen LogP contribution >= 0.6 is 11.6 Å². The van der Waals surface area contributed by atoms with E-state index in [0.717, 1.165) is 5.56 Å². The van der Waals surface area contributed by atoms with Gasteiger partial charge in [-0.05, 0) is 23.8 Å². The van der Waals surface area contributed by atoms with E-state index in [1.165, 1.54) is 17.3 Å². The van der Waals surface area contributed by atoms with Crippen LogP contribution in [0, 0.1) is 0 Å². The van der Waals surface area contributed by atoms with Gasteiger partial charge in [0.05, 0.1) is 18.3 Å². The van der Waals surface area contributed by atoms with Gasteiger partial charge in [-0.3, -0.25) is 0 Å². The molecule has 6 heteroatoms. The third kappa shape index (κ3) is 2.38. The fourth-order valence-electron chi connectivity index (χ4n) is 1.15. The number of ether oxygens (including phenoxy) is 1. The van der Waals surface area contributed by atoms with Gasteiger partial charge in [0.25, 0.3) is 0 Å². The Morgan fingerprint density at radius 2 is 2.12 bits per heavy atom. The van der Waals surface area contributed by atoms with Crippen molar-refractivity contribution in [1.29, 1.82) is 0 Å². The molecule has 0 aliphatic heterocycles. The standard InChI is InChI=1S/C10H9ClN4O/c1-16-10-3-2-8(4-9(10)11)5-14-15-6-12-13-7-15/h2-7H,1H3. The van der Waals surface area contributed by atoms with Crippen LogP contribution in [0.5, 0.6) is 5.75 Å². The van der Waals surface area contributed by atoms with Gasteiger partial charge in [0.2, 0.25) is 0 Å². The molecule has 0 amide bonds. The molecule has 0 unspecified atom stereocenters. The second-order valence-corrected chi connectivity index (χ2v) is 3.39. The molecular formula is C10H9ClN4O. The van der Waals surface area contributed by atoms with E-state index in [1.807, 2.05) is 6.07 Å². The molecule has 16 heavy (non-hydrogen) atoms. The van der Waals surface area contributed by atoms with Crippen LogP contribution in [-0.4, -0.2) is 28.2 Å². The van der Waals surface area contributed by atoms with Crippen LogP contribution in [-0.2, 0) is 0 Å². The summed E-state index contributed by atoms with van der Waals surface area (Å²) in [6, 6.07) is 5.42. The lowest BCUT2D eigenvalue weighted by Gasteiger charge is -2.02. The number of rotatable bonds is 3. The molecule has 0 aliphatic rings. The zero-order valence-corrected chi connectivity index (χ0v) is 9.30. The van der Waals surface area contributed by atoms with E-state index in [9.17, 15) is 0 Å². The van der Waals surface area contributed by atoms with Crippen LogP contribution in [0.15, 0.2) is 36.0 Å². The maximum Gasteiger partial charge on any atom is 0.141 e. The molecule has 0 aliphatic carbocycles. The topological polar surface area (TPSA) is 52.3 Å². The molecule has 1 aromatic heterocycles. The monoisotopic (exact) mass is 236 g/mol.